The van der Waals surface area contributed by atoms with Gasteiger partial charge in [-0.05, 0) is 42.2 Å². The zero-order chi connectivity index (χ0) is 22.2. The van der Waals surface area contributed by atoms with Gasteiger partial charge in [-0.2, -0.15) is 0 Å². The summed E-state index contributed by atoms with van der Waals surface area (Å²) in [5.74, 6) is 2.12. The van der Waals surface area contributed by atoms with Gasteiger partial charge in [0, 0.05) is 0 Å². The van der Waals surface area contributed by atoms with Crippen molar-refractivity contribution in [3.05, 3.63) is 84.4 Å². The number of benzene rings is 3. The van der Waals surface area contributed by atoms with Gasteiger partial charge >= 0.3 is 0 Å². The van der Waals surface area contributed by atoms with Crippen LogP contribution in [-0.2, 0) is 5.41 Å². The molecular weight excluding hydrogens is 396 g/mol. The standard InChI is InChI=1S/C28H34N2O2/c1-3-4-12-22(2)28(23-13-6-5-7-14-23)19-31-26-17-10-8-15-24(26)29-21-30-25-16-9-11-18-27(25)32-20-28/h5-11,13-18,22,29-30H,3-4,12,19-21H2,1-2H3. The van der Waals surface area contributed by atoms with Crippen molar-refractivity contribution in [2.75, 3.05) is 30.5 Å². The normalized spacial score (nSPS) is 16.3. The first-order chi connectivity index (χ1) is 15.7. The molecule has 4 heteroatoms. The average molecular weight is 431 g/mol. The average Bonchev–Trinajstić information content (AvgIpc) is 2.84. The minimum Gasteiger partial charge on any atom is -0.490 e. The molecule has 2 N–H and O–H groups in total. The van der Waals surface area contributed by atoms with E-state index in [2.05, 4.69) is 66.9 Å². The molecule has 4 nitrogen and oxygen atoms in total. The molecule has 1 unspecified atom stereocenters. The highest BCUT2D eigenvalue weighted by Crippen LogP contribution is 2.39. The molecule has 0 saturated heterocycles. The Labute approximate surface area is 192 Å². The maximum Gasteiger partial charge on any atom is 0.142 e. The summed E-state index contributed by atoms with van der Waals surface area (Å²) in [5, 5.41) is 6.92. The van der Waals surface area contributed by atoms with Crippen molar-refractivity contribution in [3.63, 3.8) is 0 Å². The molecule has 0 amide bonds. The second-order valence-electron chi connectivity index (χ2n) is 8.67. The van der Waals surface area contributed by atoms with Crippen LogP contribution in [0, 0.1) is 5.92 Å². The van der Waals surface area contributed by atoms with Gasteiger partial charge in [-0.15, -0.1) is 0 Å². The first kappa shape index (κ1) is 22.1. The monoisotopic (exact) mass is 430 g/mol. The second-order valence-corrected chi connectivity index (χ2v) is 8.67. The van der Waals surface area contributed by atoms with Gasteiger partial charge in [0.15, 0.2) is 0 Å². The van der Waals surface area contributed by atoms with Gasteiger partial charge in [-0.25, -0.2) is 0 Å². The molecule has 168 valence electrons. The van der Waals surface area contributed by atoms with Crippen LogP contribution < -0.4 is 20.1 Å². The van der Waals surface area contributed by atoms with E-state index < -0.39 is 0 Å². The number of ether oxygens (including phenoxy) is 2. The Morgan fingerprint density at radius 1 is 0.781 bits per heavy atom. The fourth-order valence-electron chi connectivity index (χ4n) is 4.46. The van der Waals surface area contributed by atoms with Crippen molar-refractivity contribution in [3.8, 4) is 11.5 Å². The summed E-state index contributed by atoms with van der Waals surface area (Å²) in [6.45, 7) is 6.28. The topological polar surface area (TPSA) is 42.5 Å². The number of anilines is 2. The van der Waals surface area contributed by atoms with E-state index in [-0.39, 0.29) is 5.41 Å². The summed E-state index contributed by atoms with van der Waals surface area (Å²) in [4.78, 5) is 0. The van der Waals surface area contributed by atoms with Gasteiger partial charge in [0.05, 0.1) is 23.5 Å². The molecule has 0 radical (unpaired) electrons. The predicted molar refractivity (Wildman–Crippen MR) is 133 cm³/mol. The Morgan fingerprint density at radius 2 is 1.31 bits per heavy atom. The van der Waals surface area contributed by atoms with Crippen LogP contribution in [0.1, 0.15) is 38.7 Å². The molecule has 0 spiro atoms. The highest BCUT2D eigenvalue weighted by Gasteiger charge is 2.40. The summed E-state index contributed by atoms with van der Waals surface area (Å²) in [6.07, 6.45) is 3.49. The van der Waals surface area contributed by atoms with E-state index in [9.17, 15) is 0 Å². The zero-order valence-corrected chi connectivity index (χ0v) is 19.1. The van der Waals surface area contributed by atoms with E-state index in [1.807, 2.05) is 36.4 Å². The lowest BCUT2D eigenvalue weighted by molar-refractivity contribution is 0.0930. The number of rotatable bonds is 5. The van der Waals surface area contributed by atoms with Crippen LogP contribution in [-0.4, -0.2) is 19.9 Å². The van der Waals surface area contributed by atoms with Gasteiger partial charge in [-0.1, -0.05) is 81.3 Å². The fraction of sp³-hybridized carbons (Fsp3) is 0.357. The van der Waals surface area contributed by atoms with Crippen LogP contribution in [0.2, 0.25) is 0 Å². The zero-order valence-electron chi connectivity index (χ0n) is 19.1. The third kappa shape index (κ3) is 4.85. The Kier molecular flexibility index (Phi) is 7.21. The van der Waals surface area contributed by atoms with Crippen molar-refractivity contribution in [2.45, 2.75) is 38.5 Å². The molecule has 0 aliphatic carbocycles. The summed E-state index contributed by atoms with van der Waals surface area (Å²) < 4.78 is 13.1. The minimum atomic E-state index is -0.282. The highest BCUT2D eigenvalue weighted by atomic mass is 16.5. The van der Waals surface area contributed by atoms with Crippen LogP contribution in [0.5, 0.6) is 11.5 Å². The van der Waals surface area contributed by atoms with Crippen LogP contribution in [0.15, 0.2) is 78.9 Å². The number of para-hydroxylation sites is 4. The lowest BCUT2D eigenvalue weighted by Crippen LogP contribution is -2.45. The van der Waals surface area contributed by atoms with Crippen molar-refractivity contribution in [1.29, 1.82) is 0 Å². The summed E-state index contributed by atoms with van der Waals surface area (Å²) in [6, 6.07) is 27.1. The molecule has 1 aliphatic rings. The van der Waals surface area contributed by atoms with Crippen LogP contribution in [0.4, 0.5) is 11.4 Å². The molecule has 32 heavy (non-hydrogen) atoms. The number of nitrogens with one attached hydrogen (secondary N) is 2. The molecule has 3 aromatic carbocycles. The lowest BCUT2D eigenvalue weighted by atomic mass is 9.70. The van der Waals surface area contributed by atoms with E-state index in [4.69, 9.17) is 9.47 Å². The van der Waals surface area contributed by atoms with Crippen LogP contribution >= 0.6 is 0 Å². The Morgan fingerprint density at radius 3 is 1.88 bits per heavy atom. The predicted octanol–water partition coefficient (Wildman–Crippen LogP) is 6.70. The SMILES string of the molecule is CCCCC(C)C1(c2ccccc2)COc2ccccc2NCNc2ccccc2OC1. The molecule has 0 aromatic heterocycles. The Hall–Kier alpha value is -3.14. The first-order valence-corrected chi connectivity index (χ1v) is 11.7. The smallest absolute Gasteiger partial charge is 0.142 e. The second kappa shape index (κ2) is 10.4. The quantitative estimate of drug-likeness (QED) is 0.472. The van der Waals surface area contributed by atoms with Gasteiger partial charge in [-0.3, -0.25) is 0 Å². The van der Waals surface area contributed by atoms with E-state index in [0.717, 1.165) is 29.3 Å². The summed E-state index contributed by atoms with van der Waals surface area (Å²) in [5.41, 5.74) is 2.95. The van der Waals surface area contributed by atoms with Crippen molar-refractivity contribution < 1.29 is 9.47 Å². The van der Waals surface area contributed by atoms with E-state index in [0.29, 0.717) is 25.8 Å². The summed E-state index contributed by atoms with van der Waals surface area (Å²) >= 11 is 0. The van der Waals surface area contributed by atoms with Crippen molar-refractivity contribution in [2.24, 2.45) is 5.92 Å². The molecule has 0 bridgehead atoms. The van der Waals surface area contributed by atoms with Crippen molar-refractivity contribution >= 4 is 11.4 Å². The van der Waals surface area contributed by atoms with E-state index in [1.165, 1.54) is 18.4 Å². The van der Waals surface area contributed by atoms with E-state index >= 15 is 0 Å². The third-order valence-electron chi connectivity index (χ3n) is 6.58. The molecule has 1 heterocycles. The maximum atomic E-state index is 6.55. The Balaban J connectivity index is 1.78. The van der Waals surface area contributed by atoms with Gasteiger partial charge in [0.2, 0.25) is 0 Å². The maximum absolute atomic E-state index is 6.55. The molecule has 0 saturated carbocycles. The van der Waals surface area contributed by atoms with Crippen molar-refractivity contribution in [1.82, 2.24) is 0 Å². The third-order valence-corrected chi connectivity index (χ3v) is 6.58. The molecule has 3 aromatic rings. The number of fused-ring (bicyclic) bond motifs is 2. The Bertz CT molecular complexity index is 938. The first-order valence-electron chi connectivity index (χ1n) is 11.7. The molecule has 1 aliphatic heterocycles. The summed E-state index contributed by atoms with van der Waals surface area (Å²) in [7, 11) is 0. The van der Waals surface area contributed by atoms with Gasteiger partial charge in [0.25, 0.3) is 0 Å². The fourth-order valence-corrected chi connectivity index (χ4v) is 4.46. The lowest BCUT2D eigenvalue weighted by Gasteiger charge is -2.40. The highest BCUT2D eigenvalue weighted by molar-refractivity contribution is 5.60. The largest absolute Gasteiger partial charge is 0.490 e. The number of hydrogen-bond donors (Lipinski definition) is 2. The molecular formula is C28H34N2O2. The minimum absolute atomic E-state index is 0.282. The molecule has 0 fully saturated rings. The van der Waals surface area contributed by atoms with Crippen LogP contribution in [0.3, 0.4) is 0 Å². The number of hydrogen-bond acceptors (Lipinski definition) is 4. The molecule has 1 atom stereocenters. The van der Waals surface area contributed by atoms with Crippen LogP contribution in [0.25, 0.3) is 0 Å². The molecule has 4 rings (SSSR count). The van der Waals surface area contributed by atoms with Gasteiger partial charge < -0.3 is 20.1 Å². The number of unbranched alkanes of at least 4 members (excludes halogenated alkanes) is 1. The van der Waals surface area contributed by atoms with Gasteiger partial charge in [0.1, 0.15) is 24.7 Å². The van der Waals surface area contributed by atoms with E-state index in [1.54, 1.807) is 0 Å².